The zero-order valence-electron chi connectivity index (χ0n) is 10.9. The molecule has 1 N–H and O–H groups in total. The van der Waals surface area contributed by atoms with Crippen molar-refractivity contribution in [1.29, 1.82) is 0 Å². The molecule has 1 aliphatic rings. The molecular formula is C14H22N2O. The summed E-state index contributed by atoms with van der Waals surface area (Å²) in [6.07, 6.45) is 1.51. The van der Waals surface area contributed by atoms with E-state index in [0.717, 1.165) is 19.5 Å². The third-order valence-corrected chi connectivity index (χ3v) is 3.66. The maximum absolute atomic E-state index is 5.43. The van der Waals surface area contributed by atoms with Gasteiger partial charge in [-0.15, -0.1) is 0 Å². The van der Waals surface area contributed by atoms with E-state index in [4.69, 9.17) is 4.74 Å². The molecule has 2 atom stereocenters. The summed E-state index contributed by atoms with van der Waals surface area (Å²) in [7, 11) is 3.81. The molecular weight excluding hydrogens is 212 g/mol. The molecule has 2 rings (SSSR count). The van der Waals surface area contributed by atoms with Gasteiger partial charge in [-0.1, -0.05) is 18.2 Å². The van der Waals surface area contributed by atoms with Gasteiger partial charge in [0.25, 0.3) is 0 Å². The van der Waals surface area contributed by atoms with Gasteiger partial charge in [0.15, 0.2) is 0 Å². The fourth-order valence-electron chi connectivity index (χ4n) is 2.44. The highest BCUT2D eigenvalue weighted by molar-refractivity contribution is 5.55. The van der Waals surface area contributed by atoms with E-state index in [1.54, 1.807) is 7.11 Å². The summed E-state index contributed by atoms with van der Waals surface area (Å²) >= 11 is 0. The molecule has 1 saturated heterocycles. The Hall–Kier alpha value is -1.06. The van der Waals surface area contributed by atoms with E-state index >= 15 is 0 Å². The molecule has 0 radical (unpaired) electrons. The first-order chi connectivity index (χ1) is 8.26. The standard InChI is InChI=1S/C14H22N2O/c1-11(15-2)13-6-4-5-7-14(13)16-9-8-12(10-16)17-3/h4-7,11-12,15H,8-10H2,1-3H3. The van der Waals surface area contributed by atoms with E-state index in [1.165, 1.54) is 11.3 Å². The second-order valence-electron chi connectivity index (χ2n) is 4.66. The van der Waals surface area contributed by atoms with E-state index in [9.17, 15) is 0 Å². The van der Waals surface area contributed by atoms with Crippen molar-refractivity contribution >= 4 is 5.69 Å². The lowest BCUT2D eigenvalue weighted by Gasteiger charge is -2.24. The first kappa shape index (κ1) is 12.4. The van der Waals surface area contributed by atoms with Crippen LogP contribution in [0.4, 0.5) is 5.69 Å². The molecule has 3 nitrogen and oxygen atoms in total. The van der Waals surface area contributed by atoms with Gasteiger partial charge in [0, 0.05) is 31.9 Å². The molecule has 0 saturated carbocycles. The molecule has 3 heteroatoms. The maximum Gasteiger partial charge on any atom is 0.0762 e. The Bertz CT molecular complexity index is 367. The summed E-state index contributed by atoms with van der Waals surface area (Å²) in [6, 6.07) is 9.02. The van der Waals surface area contributed by atoms with Crippen molar-refractivity contribution in [3.63, 3.8) is 0 Å². The number of nitrogens with zero attached hydrogens (tertiary/aromatic N) is 1. The average Bonchev–Trinajstić information content (AvgIpc) is 2.86. The number of para-hydroxylation sites is 1. The monoisotopic (exact) mass is 234 g/mol. The SMILES string of the molecule is CNC(C)c1ccccc1N1CCC(OC)C1. The largest absolute Gasteiger partial charge is 0.380 e. The van der Waals surface area contributed by atoms with Crippen LogP contribution in [-0.4, -0.2) is 33.4 Å². The van der Waals surface area contributed by atoms with Gasteiger partial charge >= 0.3 is 0 Å². The van der Waals surface area contributed by atoms with E-state index in [1.807, 2.05) is 7.05 Å². The normalized spacial score (nSPS) is 21.8. The van der Waals surface area contributed by atoms with Crippen molar-refractivity contribution in [2.24, 2.45) is 0 Å². The first-order valence-corrected chi connectivity index (χ1v) is 6.30. The predicted octanol–water partition coefficient (Wildman–Crippen LogP) is 2.19. The zero-order chi connectivity index (χ0) is 12.3. The van der Waals surface area contributed by atoms with Gasteiger partial charge in [0.1, 0.15) is 0 Å². The summed E-state index contributed by atoms with van der Waals surface area (Å²) in [4.78, 5) is 2.43. The molecule has 0 spiro atoms. The van der Waals surface area contributed by atoms with Crippen LogP contribution in [0.2, 0.25) is 0 Å². The van der Waals surface area contributed by atoms with Crippen LogP contribution in [0.5, 0.6) is 0 Å². The van der Waals surface area contributed by atoms with Crippen molar-refractivity contribution in [1.82, 2.24) is 5.32 Å². The van der Waals surface area contributed by atoms with Crippen molar-refractivity contribution in [3.8, 4) is 0 Å². The number of hydrogen-bond acceptors (Lipinski definition) is 3. The van der Waals surface area contributed by atoms with Crippen LogP contribution in [0.1, 0.15) is 24.9 Å². The van der Waals surface area contributed by atoms with Crippen LogP contribution >= 0.6 is 0 Å². The summed E-state index contributed by atoms with van der Waals surface area (Å²) in [5.74, 6) is 0. The number of nitrogens with one attached hydrogen (secondary N) is 1. The van der Waals surface area contributed by atoms with Gasteiger partial charge in [-0.3, -0.25) is 0 Å². The summed E-state index contributed by atoms with van der Waals surface area (Å²) < 4.78 is 5.43. The third-order valence-electron chi connectivity index (χ3n) is 3.66. The Morgan fingerprint density at radius 1 is 1.41 bits per heavy atom. The smallest absolute Gasteiger partial charge is 0.0762 e. The molecule has 0 aliphatic carbocycles. The lowest BCUT2D eigenvalue weighted by atomic mass is 10.1. The number of anilines is 1. The number of ether oxygens (including phenoxy) is 1. The van der Waals surface area contributed by atoms with Gasteiger partial charge < -0.3 is 15.0 Å². The second kappa shape index (κ2) is 5.52. The minimum atomic E-state index is 0.382. The summed E-state index contributed by atoms with van der Waals surface area (Å²) in [5.41, 5.74) is 2.71. The van der Waals surface area contributed by atoms with Gasteiger partial charge in [-0.05, 0) is 32.0 Å². The van der Waals surface area contributed by atoms with Gasteiger partial charge in [0.2, 0.25) is 0 Å². The Balaban J connectivity index is 2.20. The summed E-state index contributed by atoms with van der Waals surface area (Å²) in [6.45, 7) is 4.29. The Labute approximate surface area is 104 Å². The average molecular weight is 234 g/mol. The van der Waals surface area contributed by atoms with Crippen molar-refractivity contribution in [3.05, 3.63) is 29.8 Å². The molecule has 1 heterocycles. The second-order valence-corrected chi connectivity index (χ2v) is 4.66. The Morgan fingerprint density at radius 3 is 2.82 bits per heavy atom. The molecule has 0 bridgehead atoms. The number of rotatable bonds is 4. The minimum Gasteiger partial charge on any atom is -0.380 e. The molecule has 1 aromatic carbocycles. The number of benzene rings is 1. The van der Waals surface area contributed by atoms with Gasteiger partial charge in [-0.2, -0.15) is 0 Å². The lowest BCUT2D eigenvalue weighted by Crippen LogP contribution is -2.25. The van der Waals surface area contributed by atoms with Gasteiger partial charge in [-0.25, -0.2) is 0 Å². The van der Waals surface area contributed by atoms with Gasteiger partial charge in [0.05, 0.1) is 6.10 Å². The van der Waals surface area contributed by atoms with E-state index < -0.39 is 0 Å². The molecule has 2 unspecified atom stereocenters. The zero-order valence-corrected chi connectivity index (χ0v) is 10.9. The Morgan fingerprint density at radius 2 is 2.18 bits per heavy atom. The highest BCUT2D eigenvalue weighted by Gasteiger charge is 2.24. The van der Waals surface area contributed by atoms with E-state index in [2.05, 4.69) is 41.4 Å². The van der Waals surface area contributed by atoms with Crippen LogP contribution in [0, 0.1) is 0 Å². The number of methoxy groups -OCH3 is 1. The topological polar surface area (TPSA) is 24.5 Å². The predicted molar refractivity (Wildman–Crippen MR) is 71.5 cm³/mol. The maximum atomic E-state index is 5.43. The Kier molecular flexibility index (Phi) is 4.02. The van der Waals surface area contributed by atoms with E-state index in [0.29, 0.717) is 12.1 Å². The first-order valence-electron chi connectivity index (χ1n) is 6.30. The molecule has 1 fully saturated rings. The molecule has 0 amide bonds. The highest BCUT2D eigenvalue weighted by atomic mass is 16.5. The van der Waals surface area contributed by atoms with E-state index in [-0.39, 0.29) is 0 Å². The molecule has 1 aliphatic heterocycles. The van der Waals surface area contributed by atoms with Crippen LogP contribution in [0.25, 0.3) is 0 Å². The highest BCUT2D eigenvalue weighted by Crippen LogP contribution is 2.29. The fourth-order valence-corrected chi connectivity index (χ4v) is 2.44. The minimum absolute atomic E-state index is 0.382. The van der Waals surface area contributed by atoms with Crippen molar-refractivity contribution in [2.75, 3.05) is 32.1 Å². The molecule has 1 aromatic rings. The lowest BCUT2D eigenvalue weighted by molar-refractivity contribution is 0.121. The molecule has 0 aromatic heterocycles. The van der Waals surface area contributed by atoms with Crippen molar-refractivity contribution in [2.45, 2.75) is 25.5 Å². The summed E-state index contributed by atoms with van der Waals surface area (Å²) in [5, 5.41) is 3.31. The third kappa shape index (κ3) is 2.61. The quantitative estimate of drug-likeness (QED) is 0.864. The van der Waals surface area contributed by atoms with Crippen LogP contribution in [-0.2, 0) is 4.74 Å². The van der Waals surface area contributed by atoms with Crippen molar-refractivity contribution < 1.29 is 4.74 Å². The fraction of sp³-hybridized carbons (Fsp3) is 0.571. The van der Waals surface area contributed by atoms with Crippen LogP contribution < -0.4 is 10.2 Å². The molecule has 94 valence electrons. The number of hydrogen-bond donors (Lipinski definition) is 1. The van der Waals surface area contributed by atoms with Crippen LogP contribution in [0.15, 0.2) is 24.3 Å². The van der Waals surface area contributed by atoms with Crippen LogP contribution in [0.3, 0.4) is 0 Å². The molecule has 17 heavy (non-hydrogen) atoms.